The van der Waals surface area contributed by atoms with E-state index in [1.54, 1.807) is 11.0 Å². The summed E-state index contributed by atoms with van der Waals surface area (Å²) in [5.41, 5.74) is 4.54. The van der Waals surface area contributed by atoms with Gasteiger partial charge in [0.1, 0.15) is 18.5 Å². The van der Waals surface area contributed by atoms with Crippen LogP contribution in [0.15, 0.2) is 67.4 Å². The summed E-state index contributed by atoms with van der Waals surface area (Å²) in [7, 11) is 0. The summed E-state index contributed by atoms with van der Waals surface area (Å²) in [5, 5.41) is 1.15. The first-order valence-corrected chi connectivity index (χ1v) is 10.3. The van der Waals surface area contributed by atoms with Crippen molar-refractivity contribution >= 4 is 29.4 Å². The van der Waals surface area contributed by atoms with Gasteiger partial charge in [-0.3, -0.25) is 4.98 Å². The van der Waals surface area contributed by atoms with Gasteiger partial charge in [-0.2, -0.15) is 0 Å². The van der Waals surface area contributed by atoms with Crippen molar-refractivity contribution in [2.24, 2.45) is 0 Å². The molecular formula is C25H27ClN2O3. The number of aromatic nitrogens is 1. The fourth-order valence-electron chi connectivity index (χ4n) is 3.89. The average molecular weight is 439 g/mol. The number of hydrogen-bond donors (Lipinski definition) is 0. The van der Waals surface area contributed by atoms with Crippen LogP contribution < -0.4 is 4.74 Å². The lowest BCUT2D eigenvalue weighted by Crippen LogP contribution is -2.42. The Morgan fingerprint density at radius 2 is 1.90 bits per heavy atom. The van der Waals surface area contributed by atoms with E-state index in [1.807, 2.05) is 24.4 Å². The van der Waals surface area contributed by atoms with Crippen LogP contribution in [-0.2, 0) is 4.74 Å². The Morgan fingerprint density at radius 1 is 1.16 bits per heavy atom. The minimum absolute atomic E-state index is 0. The van der Waals surface area contributed by atoms with Gasteiger partial charge < -0.3 is 14.4 Å². The van der Waals surface area contributed by atoms with Crippen molar-refractivity contribution in [1.29, 1.82) is 0 Å². The van der Waals surface area contributed by atoms with E-state index in [0.29, 0.717) is 13.1 Å². The predicted molar refractivity (Wildman–Crippen MR) is 126 cm³/mol. The van der Waals surface area contributed by atoms with Crippen molar-refractivity contribution in [2.75, 3.05) is 19.7 Å². The summed E-state index contributed by atoms with van der Waals surface area (Å²) in [6.07, 6.45) is 4.82. The molecule has 6 heteroatoms. The first-order chi connectivity index (χ1) is 14.7. The summed E-state index contributed by atoms with van der Waals surface area (Å²) < 4.78 is 11.2. The molecule has 2 aromatic carbocycles. The molecular weight excluding hydrogens is 412 g/mol. The smallest absolute Gasteiger partial charge is 0.410 e. The van der Waals surface area contributed by atoms with Crippen LogP contribution in [0.25, 0.3) is 22.0 Å². The molecule has 0 atom stereocenters. The van der Waals surface area contributed by atoms with Crippen LogP contribution in [0.3, 0.4) is 0 Å². The van der Waals surface area contributed by atoms with Gasteiger partial charge in [-0.05, 0) is 41.8 Å². The second-order valence-electron chi connectivity index (χ2n) is 7.51. The molecule has 1 amide bonds. The third-order valence-electron chi connectivity index (χ3n) is 5.52. The van der Waals surface area contributed by atoms with Crippen LogP contribution >= 0.6 is 12.4 Å². The van der Waals surface area contributed by atoms with E-state index in [0.717, 1.165) is 35.1 Å². The zero-order chi connectivity index (χ0) is 20.9. The number of nitrogens with zero attached hydrogens (tertiary/aromatic N) is 2. The quantitative estimate of drug-likeness (QED) is 0.472. The molecule has 0 unspecified atom stereocenters. The van der Waals surface area contributed by atoms with Crippen LogP contribution in [0.5, 0.6) is 5.75 Å². The van der Waals surface area contributed by atoms with E-state index in [1.165, 1.54) is 11.1 Å². The molecule has 0 aliphatic carbocycles. The zero-order valence-electron chi connectivity index (χ0n) is 17.6. The topological polar surface area (TPSA) is 51.7 Å². The van der Waals surface area contributed by atoms with Gasteiger partial charge in [0.25, 0.3) is 0 Å². The lowest BCUT2D eigenvalue weighted by atomic mass is 9.98. The molecule has 162 valence electrons. The van der Waals surface area contributed by atoms with Gasteiger partial charge in [0.15, 0.2) is 0 Å². The van der Waals surface area contributed by atoms with Gasteiger partial charge in [0, 0.05) is 37.5 Å². The summed E-state index contributed by atoms with van der Waals surface area (Å²) in [6.45, 7) is 7.20. The molecule has 0 spiro atoms. The molecule has 1 aliphatic heterocycles. The number of hydrogen-bond acceptors (Lipinski definition) is 4. The van der Waals surface area contributed by atoms with E-state index in [9.17, 15) is 4.79 Å². The lowest BCUT2D eigenvalue weighted by molar-refractivity contribution is 0.0732. The number of benzene rings is 2. The molecule has 4 rings (SSSR count). The molecule has 0 bridgehead atoms. The summed E-state index contributed by atoms with van der Waals surface area (Å²) >= 11 is 0. The molecule has 5 nitrogen and oxygen atoms in total. The highest BCUT2D eigenvalue weighted by Crippen LogP contribution is 2.30. The number of aryl methyl sites for hydroxylation is 1. The lowest BCUT2D eigenvalue weighted by Gasteiger charge is -2.31. The Kier molecular flexibility index (Phi) is 7.53. The van der Waals surface area contributed by atoms with E-state index in [4.69, 9.17) is 9.47 Å². The number of carbonyl (C=O) groups is 1. The zero-order valence-corrected chi connectivity index (χ0v) is 18.4. The largest absolute Gasteiger partial charge is 0.490 e. The summed E-state index contributed by atoms with van der Waals surface area (Å²) in [6, 6.07) is 16.5. The van der Waals surface area contributed by atoms with Gasteiger partial charge in [0.05, 0.1) is 5.52 Å². The summed E-state index contributed by atoms with van der Waals surface area (Å²) in [5.74, 6) is 0.850. The first kappa shape index (κ1) is 22.6. The highest BCUT2D eigenvalue weighted by Gasteiger charge is 2.24. The molecule has 31 heavy (non-hydrogen) atoms. The monoisotopic (exact) mass is 438 g/mol. The Labute approximate surface area is 189 Å². The number of ether oxygens (including phenoxy) is 2. The fourth-order valence-corrected chi connectivity index (χ4v) is 3.89. The second-order valence-corrected chi connectivity index (χ2v) is 7.51. The predicted octanol–water partition coefficient (Wildman–Crippen LogP) is 5.80. The fraction of sp³-hybridized carbons (Fsp3) is 0.280. The molecule has 1 aromatic heterocycles. The molecule has 1 aliphatic rings. The van der Waals surface area contributed by atoms with Crippen LogP contribution in [0, 0.1) is 6.92 Å². The van der Waals surface area contributed by atoms with Crippen molar-refractivity contribution in [2.45, 2.75) is 25.9 Å². The Balaban J connectivity index is 0.00000272. The van der Waals surface area contributed by atoms with E-state index < -0.39 is 0 Å². The van der Waals surface area contributed by atoms with E-state index >= 15 is 0 Å². The average Bonchev–Trinajstić information content (AvgIpc) is 2.79. The Bertz CT molecular complexity index is 1040. The van der Waals surface area contributed by atoms with Crippen molar-refractivity contribution in [3.63, 3.8) is 0 Å². The number of fused-ring (bicyclic) bond motifs is 1. The van der Waals surface area contributed by atoms with Crippen molar-refractivity contribution < 1.29 is 14.3 Å². The molecule has 0 saturated carbocycles. The van der Waals surface area contributed by atoms with Gasteiger partial charge in [-0.25, -0.2) is 4.79 Å². The second kappa shape index (κ2) is 10.3. The van der Waals surface area contributed by atoms with Gasteiger partial charge >= 0.3 is 6.09 Å². The van der Waals surface area contributed by atoms with Crippen LogP contribution in [0.2, 0.25) is 0 Å². The number of rotatable bonds is 5. The summed E-state index contributed by atoms with van der Waals surface area (Å²) in [4.78, 5) is 18.2. The van der Waals surface area contributed by atoms with Gasteiger partial charge in [0.2, 0.25) is 0 Å². The Morgan fingerprint density at radius 3 is 2.61 bits per heavy atom. The number of halogens is 1. The minimum Gasteiger partial charge on any atom is -0.490 e. The van der Waals surface area contributed by atoms with Crippen molar-refractivity contribution in [1.82, 2.24) is 9.88 Å². The maximum atomic E-state index is 11.9. The Hall–Kier alpha value is -3.05. The molecule has 0 radical (unpaired) electrons. The maximum absolute atomic E-state index is 11.9. The highest BCUT2D eigenvalue weighted by molar-refractivity contribution is 5.88. The van der Waals surface area contributed by atoms with Crippen molar-refractivity contribution in [3.8, 4) is 16.9 Å². The number of likely N-dealkylation sites (tertiary alicyclic amines) is 1. The standard InChI is InChI=1S/C25H26N2O3.ClH/c1-3-17-29-25(28)27-15-12-22(13-16-27)30-21-9-6-19(7-10-21)23-11-8-20-5-4-14-26-24(20)18(23)2;/h3-11,14,22H,1,12-13,15-17H2,2H3;1H. The molecule has 2 heterocycles. The van der Waals surface area contributed by atoms with Crippen LogP contribution in [0.4, 0.5) is 4.79 Å². The van der Waals surface area contributed by atoms with Crippen molar-refractivity contribution in [3.05, 3.63) is 72.9 Å². The number of carbonyl (C=O) groups excluding carboxylic acids is 1. The number of amides is 1. The molecule has 0 N–H and O–H groups in total. The molecule has 1 fully saturated rings. The van der Waals surface area contributed by atoms with Crippen LogP contribution in [-0.4, -0.2) is 41.8 Å². The van der Waals surface area contributed by atoms with Crippen LogP contribution in [0.1, 0.15) is 18.4 Å². The molecule has 1 saturated heterocycles. The molecule has 3 aromatic rings. The first-order valence-electron chi connectivity index (χ1n) is 10.3. The minimum atomic E-state index is -0.280. The van der Waals surface area contributed by atoms with E-state index in [-0.39, 0.29) is 31.2 Å². The van der Waals surface area contributed by atoms with E-state index in [2.05, 4.69) is 48.8 Å². The number of pyridine rings is 1. The third-order valence-corrected chi connectivity index (χ3v) is 5.52. The van der Waals surface area contributed by atoms with Gasteiger partial charge in [-0.15, -0.1) is 12.4 Å². The number of piperidine rings is 1. The third kappa shape index (κ3) is 5.17. The highest BCUT2D eigenvalue weighted by atomic mass is 35.5. The maximum Gasteiger partial charge on any atom is 0.410 e. The van der Waals surface area contributed by atoms with Gasteiger partial charge in [-0.1, -0.05) is 43.0 Å². The SMILES string of the molecule is C=CCOC(=O)N1CCC(Oc2ccc(-c3ccc4cccnc4c3C)cc2)CC1.Cl. The normalized spacial score (nSPS) is 14.0.